The first kappa shape index (κ1) is 21.0. The van der Waals surface area contributed by atoms with Gasteiger partial charge in [0.1, 0.15) is 17.2 Å². The summed E-state index contributed by atoms with van der Waals surface area (Å²) in [5.41, 5.74) is 3.20. The minimum atomic E-state index is -4.75. The van der Waals surface area contributed by atoms with E-state index in [9.17, 15) is 23.1 Å². The lowest BCUT2D eigenvalue weighted by Gasteiger charge is -2.19. The molecule has 0 fully saturated rings. The average molecular weight is 431 g/mol. The zero-order valence-corrected chi connectivity index (χ0v) is 16.5. The molecule has 1 aliphatic carbocycles. The molecule has 0 unspecified atom stereocenters. The number of pyridine rings is 1. The Balaban J connectivity index is 1.56. The van der Waals surface area contributed by atoms with Crippen molar-refractivity contribution >= 4 is 0 Å². The van der Waals surface area contributed by atoms with Crippen LogP contribution in [0.25, 0.3) is 11.1 Å². The van der Waals surface area contributed by atoms with Crippen LogP contribution in [0.2, 0.25) is 0 Å². The number of H-pyrrole nitrogens is 1. The molecule has 1 aliphatic rings. The van der Waals surface area contributed by atoms with Gasteiger partial charge in [-0.2, -0.15) is 0 Å². The van der Waals surface area contributed by atoms with E-state index in [2.05, 4.69) is 9.72 Å². The number of aliphatic hydroxyl groups is 1. The summed E-state index contributed by atoms with van der Waals surface area (Å²) in [6.45, 7) is -0.275. The Morgan fingerprint density at radius 1 is 0.903 bits per heavy atom. The monoisotopic (exact) mass is 431 g/mol. The first-order valence-corrected chi connectivity index (χ1v) is 9.86. The Hall–Kier alpha value is -3.26. The lowest BCUT2D eigenvalue weighted by atomic mass is 9.91. The van der Waals surface area contributed by atoms with Crippen molar-refractivity contribution in [2.45, 2.75) is 38.7 Å². The first-order valence-electron chi connectivity index (χ1n) is 9.86. The van der Waals surface area contributed by atoms with Crippen molar-refractivity contribution in [2.24, 2.45) is 0 Å². The molecule has 5 nitrogen and oxygen atoms in total. The van der Waals surface area contributed by atoms with Gasteiger partial charge in [0.2, 0.25) is 0 Å². The summed E-state index contributed by atoms with van der Waals surface area (Å²) >= 11 is 0. The van der Waals surface area contributed by atoms with Gasteiger partial charge >= 0.3 is 6.36 Å². The summed E-state index contributed by atoms with van der Waals surface area (Å²) in [6.07, 6.45) is -1.24. The predicted octanol–water partition coefficient (Wildman–Crippen LogP) is 5.10. The molecule has 4 rings (SSSR count). The van der Waals surface area contributed by atoms with E-state index in [1.54, 1.807) is 24.3 Å². The van der Waals surface area contributed by atoms with Crippen LogP contribution in [-0.2, 0) is 19.4 Å². The smallest absolute Gasteiger partial charge is 0.457 e. The number of fused-ring (bicyclic) bond motifs is 1. The van der Waals surface area contributed by atoms with E-state index in [-0.39, 0.29) is 17.8 Å². The van der Waals surface area contributed by atoms with E-state index in [1.807, 2.05) is 0 Å². The fourth-order valence-electron chi connectivity index (χ4n) is 3.79. The number of aryl methyl sites for hydroxylation is 1. The Kier molecular flexibility index (Phi) is 5.73. The van der Waals surface area contributed by atoms with E-state index >= 15 is 0 Å². The third-order valence-corrected chi connectivity index (χ3v) is 5.17. The highest BCUT2D eigenvalue weighted by molar-refractivity contribution is 5.68. The molecule has 0 aliphatic heterocycles. The molecule has 0 radical (unpaired) electrons. The number of halogens is 3. The summed E-state index contributed by atoms with van der Waals surface area (Å²) in [6, 6.07) is 11.8. The number of aromatic nitrogens is 1. The highest BCUT2D eigenvalue weighted by Crippen LogP contribution is 2.30. The Morgan fingerprint density at radius 2 is 1.48 bits per heavy atom. The Morgan fingerprint density at radius 3 is 2.10 bits per heavy atom. The number of hydrogen-bond acceptors (Lipinski definition) is 4. The van der Waals surface area contributed by atoms with Crippen LogP contribution in [0.4, 0.5) is 13.2 Å². The normalized spacial score (nSPS) is 13.5. The van der Waals surface area contributed by atoms with Crippen molar-refractivity contribution < 1.29 is 27.8 Å². The van der Waals surface area contributed by atoms with E-state index in [1.165, 1.54) is 12.1 Å². The van der Waals surface area contributed by atoms with Gasteiger partial charge in [-0.3, -0.25) is 4.79 Å². The summed E-state index contributed by atoms with van der Waals surface area (Å²) in [5, 5.41) is 9.77. The molecule has 3 aromatic rings. The van der Waals surface area contributed by atoms with Crippen molar-refractivity contribution in [3.05, 3.63) is 75.7 Å². The van der Waals surface area contributed by atoms with Crippen LogP contribution in [0, 0.1) is 0 Å². The lowest BCUT2D eigenvalue weighted by molar-refractivity contribution is -0.274. The van der Waals surface area contributed by atoms with Crippen molar-refractivity contribution in [3.8, 4) is 28.4 Å². The number of benzene rings is 2. The molecule has 0 bridgehead atoms. The van der Waals surface area contributed by atoms with Crippen molar-refractivity contribution in [1.82, 2.24) is 4.98 Å². The molecule has 162 valence electrons. The molecule has 0 amide bonds. The van der Waals surface area contributed by atoms with E-state index in [0.29, 0.717) is 28.3 Å². The summed E-state index contributed by atoms with van der Waals surface area (Å²) < 4.78 is 46.2. The maximum Gasteiger partial charge on any atom is 0.573 e. The maximum atomic E-state index is 13.0. The molecule has 0 saturated carbocycles. The Labute approximate surface area is 176 Å². The Bertz CT molecular complexity index is 1120. The molecule has 0 saturated heterocycles. The molecule has 8 heteroatoms. The summed E-state index contributed by atoms with van der Waals surface area (Å²) in [4.78, 5) is 16.3. The number of aliphatic hydroxyl groups excluding tert-OH is 1. The van der Waals surface area contributed by atoms with Crippen molar-refractivity contribution in [1.29, 1.82) is 0 Å². The molecule has 1 heterocycles. The van der Waals surface area contributed by atoms with Gasteiger partial charge in [0.05, 0.1) is 17.9 Å². The van der Waals surface area contributed by atoms with Crippen LogP contribution in [0.1, 0.15) is 29.8 Å². The van der Waals surface area contributed by atoms with Gasteiger partial charge in [0.25, 0.3) is 0 Å². The summed E-state index contributed by atoms with van der Waals surface area (Å²) in [5.74, 6) is 0.455. The predicted molar refractivity (Wildman–Crippen MR) is 108 cm³/mol. The average Bonchev–Trinajstić information content (AvgIpc) is 2.75. The number of nitrogens with one attached hydrogen (secondary N) is 1. The topological polar surface area (TPSA) is 71.6 Å². The van der Waals surface area contributed by atoms with E-state index < -0.39 is 6.36 Å². The van der Waals surface area contributed by atoms with Crippen LogP contribution in [0.5, 0.6) is 17.2 Å². The SMILES string of the molecule is O=c1c2c([nH]c(CO)c1-c1ccc(Oc3ccc(OC(F)(F)F)cc3)cc1)CCCC2. The third kappa shape index (κ3) is 4.74. The second-order valence-corrected chi connectivity index (χ2v) is 7.28. The third-order valence-electron chi connectivity index (χ3n) is 5.17. The minimum absolute atomic E-state index is 0.0635. The van der Waals surface area contributed by atoms with Gasteiger partial charge in [0, 0.05) is 11.3 Å². The van der Waals surface area contributed by atoms with Gasteiger partial charge in [-0.15, -0.1) is 13.2 Å². The van der Waals surface area contributed by atoms with E-state index in [0.717, 1.165) is 49.1 Å². The molecule has 1 aromatic heterocycles. The van der Waals surface area contributed by atoms with Crippen molar-refractivity contribution in [2.75, 3.05) is 0 Å². The van der Waals surface area contributed by atoms with Gasteiger partial charge in [-0.1, -0.05) is 12.1 Å². The van der Waals surface area contributed by atoms with E-state index in [4.69, 9.17) is 4.74 Å². The van der Waals surface area contributed by atoms with Gasteiger partial charge < -0.3 is 19.6 Å². The van der Waals surface area contributed by atoms with Crippen LogP contribution in [0.15, 0.2) is 53.3 Å². The molecule has 2 N–H and O–H groups in total. The zero-order valence-electron chi connectivity index (χ0n) is 16.5. The first-order chi connectivity index (χ1) is 14.8. The number of rotatable bonds is 5. The highest BCUT2D eigenvalue weighted by atomic mass is 19.4. The van der Waals surface area contributed by atoms with Crippen LogP contribution in [-0.4, -0.2) is 16.5 Å². The molecule has 0 spiro atoms. The number of hydrogen-bond donors (Lipinski definition) is 2. The lowest BCUT2D eigenvalue weighted by Crippen LogP contribution is -2.22. The minimum Gasteiger partial charge on any atom is -0.457 e. The molecule has 0 atom stereocenters. The summed E-state index contributed by atoms with van der Waals surface area (Å²) in [7, 11) is 0. The molecule has 2 aromatic carbocycles. The standard InChI is InChI=1S/C23H20F3NO4/c24-23(25,26)31-17-11-9-16(10-12-17)30-15-7-5-14(6-8-15)21-20(13-28)27-19-4-2-1-3-18(19)22(21)29/h5-12,28H,1-4,13H2,(H,27,29). The van der Waals surface area contributed by atoms with Gasteiger partial charge in [-0.25, -0.2) is 0 Å². The van der Waals surface area contributed by atoms with Crippen molar-refractivity contribution in [3.63, 3.8) is 0 Å². The number of aromatic amines is 1. The van der Waals surface area contributed by atoms with Gasteiger partial charge in [-0.05, 0) is 67.6 Å². The fraction of sp³-hybridized carbons (Fsp3) is 0.261. The largest absolute Gasteiger partial charge is 0.573 e. The quantitative estimate of drug-likeness (QED) is 0.589. The highest BCUT2D eigenvalue weighted by Gasteiger charge is 2.31. The second-order valence-electron chi connectivity index (χ2n) is 7.28. The number of alkyl halides is 3. The zero-order chi connectivity index (χ0) is 22.0. The fourth-order valence-corrected chi connectivity index (χ4v) is 3.79. The molecular formula is C23H20F3NO4. The number of ether oxygens (including phenoxy) is 2. The van der Waals surface area contributed by atoms with Crippen LogP contribution < -0.4 is 14.9 Å². The van der Waals surface area contributed by atoms with Crippen LogP contribution in [0.3, 0.4) is 0 Å². The molecular weight excluding hydrogens is 411 g/mol. The molecule has 31 heavy (non-hydrogen) atoms. The second kappa shape index (κ2) is 8.47. The maximum absolute atomic E-state index is 13.0. The van der Waals surface area contributed by atoms with Gasteiger partial charge in [0.15, 0.2) is 5.43 Å². The van der Waals surface area contributed by atoms with Crippen LogP contribution >= 0.6 is 0 Å².